The largest absolute Gasteiger partial charge is 0.459 e. The summed E-state index contributed by atoms with van der Waals surface area (Å²) >= 11 is 0. The molecule has 0 aliphatic carbocycles. The molecule has 1 amide bonds. The van der Waals surface area contributed by atoms with Gasteiger partial charge in [-0.05, 0) is 46.2 Å². The smallest absolute Gasteiger partial charge is 0.408 e. The molecule has 0 radical (unpaired) electrons. The lowest BCUT2D eigenvalue weighted by Crippen LogP contribution is -2.45. The Balaban J connectivity index is 2.59. The van der Waals surface area contributed by atoms with Gasteiger partial charge in [-0.25, -0.2) is 9.59 Å². The van der Waals surface area contributed by atoms with Crippen LogP contribution in [0.3, 0.4) is 0 Å². The van der Waals surface area contributed by atoms with E-state index in [-0.39, 0.29) is 6.61 Å². The normalized spacial score (nSPS) is 13.6. The Morgan fingerprint density at radius 2 is 1.85 bits per heavy atom. The predicted molar refractivity (Wildman–Crippen MR) is 98.6 cm³/mol. The van der Waals surface area contributed by atoms with Gasteiger partial charge in [-0.3, -0.25) is 0 Å². The first-order valence-corrected chi connectivity index (χ1v) is 8.76. The third-order valence-electron chi connectivity index (χ3n) is 3.25. The van der Waals surface area contributed by atoms with Crippen LogP contribution in [0.5, 0.6) is 0 Å². The number of rotatable bonds is 9. The zero-order valence-electron chi connectivity index (χ0n) is 16.0. The van der Waals surface area contributed by atoms with Crippen molar-refractivity contribution in [1.82, 2.24) is 10.6 Å². The third kappa shape index (κ3) is 10.0. The predicted octanol–water partition coefficient (Wildman–Crippen LogP) is 1.98. The van der Waals surface area contributed by atoms with E-state index in [4.69, 9.17) is 9.47 Å². The van der Waals surface area contributed by atoms with Crippen molar-refractivity contribution in [3.8, 4) is 0 Å². The first kappa shape index (κ1) is 21.9. The lowest BCUT2D eigenvalue weighted by Gasteiger charge is -2.23. The van der Waals surface area contributed by atoms with Gasteiger partial charge in [0.2, 0.25) is 0 Å². The van der Waals surface area contributed by atoms with E-state index in [1.54, 1.807) is 27.7 Å². The summed E-state index contributed by atoms with van der Waals surface area (Å²) in [6.07, 6.45) is -0.841. The van der Waals surface area contributed by atoms with Gasteiger partial charge in [0.25, 0.3) is 0 Å². The van der Waals surface area contributed by atoms with Gasteiger partial charge >= 0.3 is 12.1 Å². The molecule has 1 aromatic rings. The van der Waals surface area contributed by atoms with Gasteiger partial charge in [-0.1, -0.05) is 30.3 Å². The van der Waals surface area contributed by atoms with Gasteiger partial charge in [-0.2, -0.15) is 0 Å². The van der Waals surface area contributed by atoms with Crippen LogP contribution in [-0.2, 0) is 20.9 Å². The molecular formula is C19H30N2O5. The molecular weight excluding hydrogens is 336 g/mol. The fourth-order valence-corrected chi connectivity index (χ4v) is 2.09. The SMILES string of the molecule is CC(O)CNCCC(NC(=O)OC(C)(C)C)C(=O)OCc1ccccc1. The summed E-state index contributed by atoms with van der Waals surface area (Å²) < 4.78 is 10.5. The van der Waals surface area contributed by atoms with Crippen molar-refractivity contribution in [1.29, 1.82) is 0 Å². The summed E-state index contributed by atoms with van der Waals surface area (Å²) in [5, 5.41) is 14.8. The minimum absolute atomic E-state index is 0.132. The highest BCUT2D eigenvalue weighted by molar-refractivity contribution is 5.81. The van der Waals surface area contributed by atoms with Gasteiger partial charge in [0.15, 0.2) is 0 Å². The zero-order chi connectivity index (χ0) is 19.6. The number of carbonyl (C=O) groups is 2. The maximum absolute atomic E-state index is 12.4. The Morgan fingerprint density at radius 1 is 1.19 bits per heavy atom. The molecule has 7 heteroatoms. The zero-order valence-corrected chi connectivity index (χ0v) is 16.0. The van der Waals surface area contributed by atoms with Crippen LogP contribution in [0.2, 0.25) is 0 Å². The second kappa shape index (κ2) is 10.8. The Morgan fingerprint density at radius 3 is 2.42 bits per heavy atom. The van der Waals surface area contributed by atoms with Crippen LogP contribution < -0.4 is 10.6 Å². The van der Waals surface area contributed by atoms with E-state index in [0.29, 0.717) is 19.5 Å². The number of hydrogen-bond acceptors (Lipinski definition) is 6. The molecule has 1 aromatic carbocycles. The van der Waals surface area contributed by atoms with Crippen LogP contribution in [0.1, 0.15) is 39.7 Å². The minimum atomic E-state index is -0.838. The van der Waals surface area contributed by atoms with Crippen LogP contribution in [0, 0.1) is 0 Å². The number of aliphatic hydroxyl groups excluding tert-OH is 1. The van der Waals surface area contributed by atoms with E-state index in [1.807, 2.05) is 30.3 Å². The van der Waals surface area contributed by atoms with E-state index in [0.717, 1.165) is 5.56 Å². The maximum atomic E-state index is 12.4. The number of hydrogen-bond donors (Lipinski definition) is 3. The van der Waals surface area contributed by atoms with E-state index in [9.17, 15) is 14.7 Å². The highest BCUT2D eigenvalue weighted by atomic mass is 16.6. The molecule has 0 fully saturated rings. The molecule has 26 heavy (non-hydrogen) atoms. The van der Waals surface area contributed by atoms with Crippen LogP contribution in [0.15, 0.2) is 30.3 Å². The quantitative estimate of drug-likeness (QED) is 0.457. The van der Waals surface area contributed by atoms with Crippen molar-refractivity contribution >= 4 is 12.1 Å². The van der Waals surface area contributed by atoms with Crippen molar-refractivity contribution in [3.05, 3.63) is 35.9 Å². The van der Waals surface area contributed by atoms with Crippen molar-refractivity contribution in [2.75, 3.05) is 13.1 Å². The fourth-order valence-electron chi connectivity index (χ4n) is 2.09. The van der Waals surface area contributed by atoms with Crippen molar-refractivity contribution in [2.24, 2.45) is 0 Å². The Kier molecular flexibility index (Phi) is 9.09. The van der Waals surface area contributed by atoms with Gasteiger partial charge in [0.05, 0.1) is 6.10 Å². The minimum Gasteiger partial charge on any atom is -0.459 e. The Hall–Kier alpha value is -2.12. The number of benzene rings is 1. The van der Waals surface area contributed by atoms with Crippen LogP contribution in [0.4, 0.5) is 4.79 Å². The lowest BCUT2D eigenvalue weighted by molar-refractivity contribution is -0.147. The van der Waals surface area contributed by atoms with E-state index >= 15 is 0 Å². The highest BCUT2D eigenvalue weighted by Crippen LogP contribution is 2.08. The summed E-state index contributed by atoms with van der Waals surface area (Å²) in [7, 11) is 0. The molecule has 7 nitrogen and oxygen atoms in total. The van der Waals surface area contributed by atoms with Gasteiger partial charge in [0.1, 0.15) is 18.2 Å². The summed E-state index contributed by atoms with van der Waals surface area (Å²) in [6, 6.07) is 8.47. The van der Waals surface area contributed by atoms with E-state index in [1.165, 1.54) is 0 Å². The summed E-state index contributed by atoms with van der Waals surface area (Å²) in [6.45, 7) is 7.88. The summed E-state index contributed by atoms with van der Waals surface area (Å²) in [4.78, 5) is 24.4. The van der Waals surface area contributed by atoms with Crippen molar-refractivity contribution in [2.45, 2.75) is 58.5 Å². The summed E-state index contributed by atoms with van der Waals surface area (Å²) in [5.74, 6) is -0.529. The van der Waals surface area contributed by atoms with Crippen molar-refractivity contribution < 1.29 is 24.2 Å². The molecule has 0 saturated heterocycles. The third-order valence-corrected chi connectivity index (χ3v) is 3.25. The van der Waals surface area contributed by atoms with E-state index < -0.39 is 29.8 Å². The highest BCUT2D eigenvalue weighted by Gasteiger charge is 2.25. The molecule has 0 aromatic heterocycles. The van der Waals surface area contributed by atoms with Gasteiger partial charge < -0.3 is 25.2 Å². The van der Waals surface area contributed by atoms with Gasteiger partial charge in [0, 0.05) is 6.54 Å². The molecule has 0 bridgehead atoms. The molecule has 3 N–H and O–H groups in total. The van der Waals surface area contributed by atoms with Crippen LogP contribution in [-0.4, -0.2) is 48.0 Å². The molecule has 1 rings (SSSR count). The second-order valence-electron chi connectivity index (χ2n) is 7.13. The second-order valence-corrected chi connectivity index (χ2v) is 7.13. The molecule has 0 heterocycles. The lowest BCUT2D eigenvalue weighted by atomic mass is 10.2. The molecule has 0 saturated carbocycles. The maximum Gasteiger partial charge on any atom is 0.408 e. The molecule has 2 unspecified atom stereocenters. The standard InChI is InChI=1S/C19H30N2O5/c1-14(22)12-20-11-10-16(21-18(24)26-19(2,3)4)17(23)25-13-15-8-6-5-7-9-15/h5-9,14,16,20,22H,10-13H2,1-4H3,(H,21,24). The fraction of sp³-hybridized carbons (Fsp3) is 0.579. The average Bonchev–Trinajstić information content (AvgIpc) is 2.54. The number of carbonyl (C=O) groups excluding carboxylic acids is 2. The van der Waals surface area contributed by atoms with Crippen LogP contribution >= 0.6 is 0 Å². The number of aliphatic hydroxyl groups is 1. The molecule has 0 aliphatic heterocycles. The van der Waals surface area contributed by atoms with Gasteiger partial charge in [-0.15, -0.1) is 0 Å². The molecule has 2 atom stereocenters. The number of esters is 1. The topological polar surface area (TPSA) is 96.9 Å². The molecule has 146 valence electrons. The molecule has 0 spiro atoms. The van der Waals surface area contributed by atoms with Crippen LogP contribution in [0.25, 0.3) is 0 Å². The van der Waals surface area contributed by atoms with Crippen molar-refractivity contribution in [3.63, 3.8) is 0 Å². The number of nitrogens with one attached hydrogen (secondary N) is 2. The first-order valence-electron chi connectivity index (χ1n) is 8.76. The van der Waals surface area contributed by atoms with E-state index in [2.05, 4.69) is 10.6 Å². The number of ether oxygens (including phenoxy) is 2. The average molecular weight is 366 g/mol. The Labute approximate surface area is 155 Å². The number of alkyl carbamates (subject to hydrolysis) is 1. The molecule has 0 aliphatic rings. The Bertz CT molecular complexity index is 555. The number of amides is 1. The monoisotopic (exact) mass is 366 g/mol. The first-order chi connectivity index (χ1) is 12.2. The summed E-state index contributed by atoms with van der Waals surface area (Å²) in [5.41, 5.74) is 0.205.